The summed E-state index contributed by atoms with van der Waals surface area (Å²) in [6.07, 6.45) is 10.0. The molecule has 104 valence electrons. The Morgan fingerprint density at radius 2 is 1.83 bits per heavy atom. The molecule has 0 saturated carbocycles. The van der Waals surface area contributed by atoms with Gasteiger partial charge in [-0.15, -0.1) is 0 Å². The summed E-state index contributed by atoms with van der Waals surface area (Å²) >= 11 is 0. The third-order valence-electron chi connectivity index (χ3n) is 3.73. The fourth-order valence-corrected chi connectivity index (χ4v) is 4.36. The Bertz CT molecular complexity index is 313. The van der Waals surface area contributed by atoms with E-state index in [0.29, 0.717) is 0 Å². The van der Waals surface area contributed by atoms with Gasteiger partial charge in [-0.25, -0.2) is 0 Å². The zero-order chi connectivity index (χ0) is 13.6. The normalized spacial score (nSPS) is 24.2. The molecule has 0 aromatic rings. The molecule has 0 radical (unpaired) electrons. The van der Waals surface area contributed by atoms with E-state index in [4.69, 9.17) is 13.3 Å². The average Bonchev–Trinajstić information content (AvgIpc) is 2.35. The maximum absolute atomic E-state index is 5.44. The van der Waals surface area contributed by atoms with Crippen molar-refractivity contribution in [1.82, 2.24) is 0 Å². The van der Waals surface area contributed by atoms with Crippen LogP contribution in [0.3, 0.4) is 0 Å². The van der Waals surface area contributed by atoms with Crippen LogP contribution in [0.5, 0.6) is 0 Å². The van der Waals surface area contributed by atoms with Crippen molar-refractivity contribution in [3.05, 3.63) is 23.8 Å². The second kappa shape index (κ2) is 6.66. The van der Waals surface area contributed by atoms with E-state index in [1.807, 2.05) is 0 Å². The Morgan fingerprint density at radius 3 is 2.33 bits per heavy atom. The number of allylic oxidation sites excluding steroid dienone is 4. The summed E-state index contributed by atoms with van der Waals surface area (Å²) in [4.78, 5) is 0. The molecular weight excluding hydrogens is 244 g/mol. The predicted molar refractivity (Wildman–Crippen MR) is 76.4 cm³/mol. The van der Waals surface area contributed by atoms with Gasteiger partial charge < -0.3 is 13.3 Å². The van der Waals surface area contributed by atoms with Crippen LogP contribution in [0.4, 0.5) is 0 Å². The highest BCUT2D eigenvalue weighted by atomic mass is 28.4. The number of hydrogen-bond donors (Lipinski definition) is 0. The minimum Gasteiger partial charge on any atom is -0.377 e. The SMILES string of the molecule is CO[Si](CCCC1(C)C=CC=C(C)C1)(OC)OC. The molecular formula is C14H26O3Si. The van der Waals surface area contributed by atoms with E-state index in [9.17, 15) is 0 Å². The van der Waals surface area contributed by atoms with E-state index >= 15 is 0 Å². The topological polar surface area (TPSA) is 27.7 Å². The standard InChI is InChI=1S/C14H26O3Si/c1-13-8-6-9-14(2,12-13)10-7-11-18(15-3,16-4)17-5/h6,8-9H,7,10-12H2,1-5H3. The molecule has 0 heterocycles. The van der Waals surface area contributed by atoms with E-state index < -0.39 is 8.80 Å². The van der Waals surface area contributed by atoms with E-state index in [2.05, 4.69) is 32.1 Å². The first-order valence-electron chi connectivity index (χ1n) is 6.50. The summed E-state index contributed by atoms with van der Waals surface area (Å²) in [6.45, 7) is 4.51. The van der Waals surface area contributed by atoms with Crippen LogP contribution in [0.25, 0.3) is 0 Å². The van der Waals surface area contributed by atoms with E-state index in [1.54, 1.807) is 21.3 Å². The van der Waals surface area contributed by atoms with Gasteiger partial charge in [0, 0.05) is 27.4 Å². The smallest absolute Gasteiger partial charge is 0.377 e. The summed E-state index contributed by atoms with van der Waals surface area (Å²) in [5, 5.41) is 0. The zero-order valence-electron chi connectivity index (χ0n) is 12.3. The molecule has 4 heteroatoms. The Kier molecular flexibility index (Phi) is 5.78. The fourth-order valence-electron chi connectivity index (χ4n) is 2.64. The number of rotatable bonds is 7. The molecule has 0 fully saturated rings. The monoisotopic (exact) mass is 270 g/mol. The van der Waals surface area contributed by atoms with E-state index in [-0.39, 0.29) is 5.41 Å². The minimum atomic E-state index is -2.39. The molecule has 1 rings (SSSR count). The van der Waals surface area contributed by atoms with Crippen molar-refractivity contribution in [2.24, 2.45) is 5.41 Å². The molecule has 0 spiro atoms. The Morgan fingerprint density at radius 1 is 1.22 bits per heavy atom. The van der Waals surface area contributed by atoms with Gasteiger partial charge >= 0.3 is 8.80 Å². The second-order valence-electron chi connectivity index (χ2n) is 5.35. The molecule has 0 N–H and O–H groups in total. The number of hydrogen-bond acceptors (Lipinski definition) is 3. The summed E-state index contributed by atoms with van der Waals surface area (Å²) in [6, 6.07) is 0.878. The molecule has 1 atom stereocenters. The zero-order valence-corrected chi connectivity index (χ0v) is 13.3. The van der Waals surface area contributed by atoms with Gasteiger partial charge in [-0.2, -0.15) is 0 Å². The Hall–Kier alpha value is -0.423. The van der Waals surface area contributed by atoms with Crippen LogP contribution in [-0.2, 0) is 13.3 Å². The van der Waals surface area contributed by atoms with Gasteiger partial charge in [-0.3, -0.25) is 0 Å². The summed E-state index contributed by atoms with van der Waals surface area (Å²) in [7, 11) is 2.63. The lowest BCUT2D eigenvalue weighted by Crippen LogP contribution is -2.42. The van der Waals surface area contributed by atoms with Gasteiger partial charge in [0.15, 0.2) is 0 Å². The maximum Gasteiger partial charge on any atom is 0.500 e. The van der Waals surface area contributed by atoms with Crippen molar-refractivity contribution in [2.75, 3.05) is 21.3 Å². The fraction of sp³-hybridized carbons (Fsp3) is 0.714. The summed E-state index contributed by atoms with van der Waals surface area (Å²) in [5.41, 5.74) is 1.72. The summed E-state index contributed by atoms with van der Waals surface area (Å²) in [5.74, 6) is 0. The molecule has 0 aromatic heterocycles. The van der Waals surface area contributed by atoms with Crippen molar-refractivity contribution in [1.29, 1.82) is 0 Å². The first-order chi connectivity index (χ1) is 8.49. The van der Waals surface area contributed by atoms with Crippen LogP contribution < -0.4 is 0 Å². The molecule has 1 unspecified atom stereocenters. The molecule has 18 heavy (non-hydrogen) atoms. The van der Waals surface area contributed by atoms with Gasteiger partial charge in [0.05, 0.1) is 0 Å². The minimum absolute atomic E-state index is 0.272. The summed E-state index contributed by atoms with van der Waals surface area (Å²) < 4.78 is 16.3. The van der Waals surface area contributed by atoms with Crippen molar-refractivity contribution < 1.29 is 13.3 Å². The van der Waals surface area contributed by atoms with Gasteiger partial charge in [0.2, 0.25) is 0 Å². The quantitative estimate of drug-likeness (QED) is 0.662. The van der Waals surface area contributed by atoms with Crippen molar-refractivity contribution in [3.8, 4) is 0 Å². The molecule has 0 aromatic carbocycles. The van der Waals surface area contributed by atoms with Crippen molar-refractivity contribution >= 4 is 8.80 Å². The predicted octanol–water partition coefficient (Wildman–Crippen LogP) is 3.56. The lowest BCUT2D eigenvalue weighted by Gasteiger charge is -2.30. The van der Waals surface area contributed by atoms with Gasteiger partial charge in [0.1, 0.15) is 0 Å². The molecule has 0 amide bonds. The van der Waals surface area contributed by atoms with Gasteiger partial charge in [-0.1, -0.05) is 30.7 Å². The molecule has 1 aliphatic rings. The average molecular weight is 270 g/mol. The highest BCUT2D eigenvalue weighted by molar-refractivity contribution is 6.60. The second-order valence-corrected chi connectivity index (χ2v) is 8.44. The van der Waals surface area contributed by atoms with E-state index in [1.165, 1.54) is 5.57 Å². The third kappa shape index (κ3) is 4.05. The van der Waals surface area contributed by atoms with Crippen LogP contribution in [0.2, 0.25) is 6.04 Å². The Balaban J connectivity index is 2.46. The molecule has 0 bridgehead atoms. The van der Waals surface area contributed by atoms with Crippen LogP contribution in [-0.4, -0.2) is 30.1 Å². The van der Waals surface area contributed by atoms with Gasteiger partial charge in [0.25, 0.3) is 0 Å². The Labute approximate surface area is 112 Å². The van der Waals surface area contributed by atoms with Crippen molar-refractivity contribution in [2.45, 2.75) is 39.2 Å². The highest BCUT2D eigenvalue weighted by Gasteiger charge is 2.37. The van der Waals surface area contributed by atoms with Crippen LogP contribution >= 0.6 is 0 Å². The van der Waals surface area contributed by atoms with Gasteiger partial charge in [-0.05, 0) is 31.6 Å². The van der Waals surface area contributed by atoms with Crippen LogP contribution in [0.15, 0.2) is 23.8 Å². The van der Waals surface area contributed by atoms with Crippen molar-refractivity contribution in [3.63, 3.8) is 0 Å². The highest BCUT2D eigenvalue weighted by Crippen LogP contribution is 2.36. The lowest BCUT2D eigenvalue weighted by atomic mass is 9.77. The molecule has 0 saturated heterocycles. The molecule has 0 aliphatic heterocycles. The van der Waals surface area contributed by atoms with E-state index in [0.717, 1.165) is 25.3 Å². The first kappa shape index (κ1) is 15.6. The molecule has 1 aliphatic carbocycles. The largest absolute Gasteiger partial charge is 0.500 e. The third-order valence-corrected chi connectivity index (χ3v) is 6.56. The maximum atomic E-state index is 5.44. The first-order valence-corrected chi connectivity index (χ1v) is 8.43. The van der Waals surface area contributed by atoms with Crippen LogP contribution in [0, 0.1) is 5.41 Å². The lowest BCUT2D eigenvalue weighted by molar-refractivity contribution is 0.122. The van der Waals surface area contributed by atoms with Crippen LogP contribution in [0.1, 0.15) is 33.1 Å². The molecule has 3 nitrogen and oxygen atoms in total.